The molecule has 1 aliphatic rings. The molecule has 0 N–H and O–H groups in total. The monoisotopic (exact) mass is 378 g/mol. The van der Waals surface area contributed by atoms with Gasteiger partial charge < -0.3 is 0 Å². The summed E-state index contributed by atoms with van der Waals surface area (Å²) in [6.45, 7) is 3.90. The molecule has 0 spiro atoms. The summed E-state index contributed by atoms with van der Waals surface area (Å²) in [4.78, 5) is 0. The van der Waals surface area contributed by atoms with E-state index < -0.39 is 5.41 Å². The van der Waals surface area contributed by atoms with E-state index in [4.69, 9.17) is 11.6 Å². The van der Waals surface area contributed by atoms with Crippen LogP contribution in [0.1, 0.15) is 27.8 Å². The van der Waals surface area contributed by atoms with E-state index in [0.717, 1.165) is 10.6 Å². The maximum absolute atomic E-state index is 6.50. The normalized spacial score (nSPS) is 17.0. The van der Waals surface area contributed by atoms with Crippen molar-refractivity contribution < 1.29 is 0 Å². The number of benzene rings is 4. The average molecular weight is 379 g/mol. The summed E-state index contributed by atoms with van der Waals surface area (Å²) in [7, 11) is 0. The molecule has 1 aliphatic carbocycles. The third-order valence-corrected chi connectivity index (χ3v) is 6.03. The molecule has 4 aromatic carbocycles. The molecule has 28 heavy (non-hydrogen) atoms. The summed E-state index contributed by atoms with van der Waals surface area (Å²) in [5.74, 6) is 0. The van der Waals surface area contributed by atoms with Crippen LogP contribution < -0.4 is 0 Å². The third kappa shape index (κ3) is 2.32. The van der Waals surface area contributed by atoms with E-state index in [-0.39, 0.29) is 0 Å². The van der Waals surface area contributed by atoms with Gasteiger partial charge in [0.15, 0.2) is 0 Å². The zero-order chi connectivity index (χ0) is 19.1. The first-order valence-corrected chi connectivity index (χ1v) is 9.81. The minimum absolute atomic E-state index is 0.391. The molecule has 0 aliphatic heterocycles. The predicted octanol–water partition coefficient (Wildman–Crippen LogP) is 7.35. The maximum Gasteiger partial charge on any atom is 0.0714 e. The van der Waals surface area contributed by atoms with Gasteiger partial charge in [-0.05, 0) is 51.1 Å². The summed E-state index contributed by atoms with van der Waals surface area (Å²) in [5, 5.41) is 0.759. The van der Waals surface area contributed by atoms with Gasteiger partial charge in [0.2, 0.25) is 0 Å². The van der Waals surface area contributed by atoms with E-state index in [9.17, 15) is 0 Å². The van der Waals surface area contributed by atoms with Crippen LogP contribution in [-0.4, -0.2) is 0 Å². The Hall–Kier alpha value is -3.09. The first-order chi connectivity index (χ1) is 13.7. The van der Waals surface area contributed by atoms with E-state index >= 15 is 0 Å². The van der Waals surface area contributed by atoms with Crippen molar-refractivity contribution in [3.63, 3.8) is 0 Å². The Labute approximate surface area is 170 Å². The lowest BCUT2D eigenvalue weighted by Crippen LogP contribution is -2.28. The quantitative estimate of drug-likeness (QED) is 0.308. The molecule has 0 bridgehead atoms. The Kier molecular flexibility index (Phi) is 3.96. The van der Waals surface area contributed by atoms with Crippen LogP contribution in [0.15, 0.2) is 104 Å². The second-order valence-electron chi connectivity index (χ2n) is 7.18. The molecule has 0 aromatic heterocycles. The highest BCUT2D eigenvalue weighted by Gasteiger charge is 2.45. The fraction of sp³-hybridized carbons (Fsp3) is 0.0370. The number of halogens is 1. The molecule has 0 heterocycles. The summed E-state index contributed by atoms with van der Waals surface area (Å²) >= 11 is 6.50. The molecule has 0 fully saturated rings. The highest BCUT2D eigenvalue weighted by molar-refractivity contribution is 6.30. The van der Waals surface area contributed by atoms with Gasteiger partial charge in [-0.15, -0.1) is 0 Å². The van der Waals surface area contributed by atoms with Crippen molar-refractivity contribution in [3.8, 4) is 11.1 Å². The highest BCUT2D eigenvalue weighted by Crippen LogP contribution is 2.56. The van der Waals surface area contributed by atoms with Crippen LogP contribution >= 0.6 is 11.6 Å². The van der Waals surface area contributed by atoms with Crippen LogP contribution in [0.3, 0.4) is 0 Å². The molecule has 1 heteroatoms. The molecule has 1 atom stereocenters. The first kappa shape index (κ1) is 17.0. The molecule has 4 aromatic rings. The SMILES string of the molecule is C=Cc1ccc(C2(c3ccccc3)c3ccccc3-c3ccc(Cl)cc32)cc1. The zero-order valence-corrected chi connectivity index (χ0v) is 16.2. The average Bonchev–Trinajstić information content (AvgIpc) is 3.05. The number of fused-ring (bicyclic) bond motifs is 3. The van der Waals surface area contributed by atoms with Crippen molar-refractivity contribution in [2.75, 3.05) is 0 Å². The molecular formula is C27H19Cl. The molecular weight excluding hydrogens is 360 g/mol. The van der Waals surface area contributed by atoms with Crippen molar-refractivity contribution >= 4 is 17.7 Å². The van der Waals surface area contributed by atoms with Gasteiger partial charge in [-0.2, -0.15) is 0 Å². The Balaban J connectivity index is 1.94. The van der Waals surface area contributed by atoms with Crippen molar-refractivity contribution in [3.05, 3.63) is 136 Å². The summed E-state index contributed by atoms with van der Waals surface area (Å²) in [5.41, 5.74) is 8.25. The molecule has 0 saturated carbocycles. The van der Waals surface area contributed by atoms with Gasteiger partial charge in [-0.1, -0.05) is 109 Å². The van der Waals surface area contributed by atoms with Crippen LogP contribution in [0.25, 0.3) is 17.2 Å². The zero-order valence-electron chi connectivity index (χ0n) is 15.4. The summed E-state index contributed by atoms with van der Waals surface area (Å²) in [6.07, 6.45) is 1.88. The first-order valence-electron chi connectivity index (χ1n) is 9.43. The third-order valence-electron chi connectivity index (χ3n) is 5.79. The van der Waals surface area contributed by atoms with Crippen LogP contribution in [0, 0.1) is 0 Å². The molecule has 5 rings (SSSR count). The topological polar surface area (TPSA) is 0 Å². The number of rotatable bonds is 3. The summed E-state index contributed by atoms with van der Waals surface area (Å²) < 4.78 is 0. The number of hydrogen-bond donors (Lipinski definition) is 0. The van der Waals surface area contributed by atoms with Gasteiger partial charge in [0.1, 0.15) is 0 Å². The van der Waals surface area contributed by atoms with Crippen LogP contribution in [-0.2, 0) is 5.41 Å². The van der Waals surface area contributed by atoms with E-state index in [2.05, 4.69) is 97.6 Å². The Bertz CT molecular complexity index is 1170. The Morgan fingerprint density at radius 2 is 1.29 bits per heavy atom. The fourth-order valence-corrected chi connectivity index (χ4v) is 4.77. The minimum Gasteiger partial charge on any atom is -0.0985 e. The molecule has 0 nitrogen and oxygen atoms in total. The smallest absolute Gasteiger partial charge is 0.0714 e. The second kappa shape index (κ2) is 6.51. The van der Waals surface area contributed by atoms with E-state index in [1.807, 2.05) is 12.1 Å². The van der Waals surface area contributed by atoms with Crippen LogP contribution in [0.5, 0.6) is 0 Å². The fourth-order valence-electron chi connectivity index (χ4n) is 4.60. The predicted molar refractivity (Wildman–Crippen MR) is 119 cm³/mol. The second-order valence-corrected chi connectivity index (χ2v) is 7.61. The number of hydrogen-bond acceptors (Lipinski definition) is 0. The molecule has 1 unspecified atom stereocenters. The van der Waals surface area contributed by atoms with Crippen molar-refractivity contribution in [1.29, 1.82) is 0 Å². The summed E-state index contributed by atoms with van der Waals surface area (Å²) in [6, 6.07) is 34.4. The minimum atomic E-state index is -0.391. The lowest BCUT2D eigenvalue weighted by Gasteiger charge is -2.34. The molecule has 0 amide bonds. The Morgan fingerprint density at radius 3 is 2.04 bits per heavy atom. The van der Waals surface area contributed by atoms with Gasteiger partial charge in [0.25, 0.3) is 0 Å². The van der Waals surface area contributed by atoms with Crippen LogP contribution in [0.4, 0.5) is 0 Å². The van der Waals surface area contributed by atoms with Gasteiger partial charge in [0, 0.05) is 5.02 Å². The van der Waals surface area contributed by atoms with Crippen molar-refractivity contribution in [2.45, 2.75) is 5.41 Å². The van der Waals surface area contributed by atoms with Gasteiger partial charge in [-0.25, -0.2) is 0 Å². The van der Waals surface area contributed by atoms with Gasteiger partial charge in [-0.3, -0.25) is 0 Å². The lowest BCUT2D eigenvalue weighted by molar-refractivity contribution is 0.768. The van der Waals surface area contributed by atoms with Crippen LogP contribution in [0.2, 0.25) is 5.02 Å². The molecule has 0 radical (unpaired) electrons. The largest absolute Gasteiger partial charge is 0.0985 e. The maximum atomic E-state index is 6.50. The lowest BCUT2D eigenvalue weighted by atomic mass is 9.67. The van der Waals surface area contributed by atoms with Gasteiger partial charge >= 0.3 is 0 Å². The molecule has 0 saturated heterocycles. The highest BCUT2D eigenvalue weighted by atomic mass is 35.5. The van der Waals surface area contributed by atoms with Gasteiger partial charge in [0.05, 0.1) is 5.41 Å². The Morgan fingerprint density at radius 1 is 0.643 bits per heavy atom. The standard InChI is InChI=1S/C27H19Cl/c1-2-19-12-14-21(15-13-19)27(20-8-4-3-5-9-20)25-11-7-6-10-23(25)24-17-16-22(28)18-26(24)27/h2-18H,1H2. The van der Waals surface area contributed by atoms with E-state index in [1.165, 1.54) is 33.4 Å². The molecule has 134 valence electrons. The van der Waals surface area contributed by atoms with E-state index in [0.29, 0.717) is 0 Å². The van der Waals surface area contributed by atoms with Crippen molar-refractivity contribution in [1.82, 2.24) is 0 Å². The van der Waals surface area contributed by atoms with E-state index in [1.54, 1.807) is 0 Å². The van der Waals surface area contributed by atoms with Crippen molar-refractivity contribution in [2.24, 2.45) is 0 Å².